The summed E-state index contributed by atoms with van der Waals surface area (Å²) in [5.41, 5.74) is 2.63. The largest absolute Gasteiger partial charge is 0.311 e. The normalized spacial score (nSPS) is 13.5. The SMILES string of the molecule is CC(=O)Nc1nc(-c2nn(Cc3ccccc3F)c3ncccc23)ncc1C1CC1. The zero-order valence-corrected chi connectivity index (χ0v) is 16.3. The molecule has 3 heterocycles. The van der Waals surface area contributed by atoms with Gasteiger partial charge in [0.2, 0.25) is 5.91 Å². The molecule has 3 aromatic heterocycles. The van der Waals surface area contributed by atoms with Crippen molar-refractivity contribution in [3.05, 3.63) is 65.7 Å². The van der Waals surface area contributed by atoms with Gasteiger partial charge in [-0.05, 0) is 37.0 Å². The Morgan fingerprint density at radius 3 is 2.80 bits per heavy atom. The summed E-state index contributed by atoms with van der Waals surface area (Å²) in [4.78, 5) is 25.2. The highest BCUT2D eigenvalue weighted by Crippen LogP contribution is 2.43. The predicted molar refractivity (Wildman–Crippen MR) is 110 cm³/mol. The van der Waals surface area contributed by atoms with Crippen LogP contribution in [0.4, 0.5) is 10.2 Å². The van der Waals surface area contributed by atoms with Crippen LogP contribution in [0, 0.1) is 5.82 Å². The Labute approximate surface area is 172 Å². The average molecular weight is 402 g/mol. The van der Waals surface area contributed by atoms with Gasteiger partial charge in [-0.3, -0.25) is 4.79 Å². The molecular formula is C22H19FN6O. The first-order valence-corrected chi connectivity index (χ1v) is 9.80. The lowest BCUT2D eigenvalue weighted by atomic mass is 10.2. The molecule has 0 saturated heterocycles. The standard InChI is InChI=1S/C22H19FN6O/c1-13(30)26-20-17(14-8-9-14)11-25-21(27-20)19-16-6-4-10-24-22(16)29(28-19)12-15-5-2-3-7-18(15)23/h2-7,10-11,14H,8-9,12H2,1H3,(H,25,26,27,30). The van der Waals surface area contributed by atoms with Crippen LogP contribution in [0.15, 0.2) is 48.8 Å². The van der Waals surface area contributed by atoms with Gasteiger partial charge < -0.3 is 5.32 Å². The van der Waals surface area contributed by atoms with E-state index in [4.69, 9.17) is 0 Å². The van der Waals surface area contributed by atoms with Gasteiger partial charge >= 0.3 is 0 Å². The van der Waals surface area contributed by atoms with Crippen molar-refractivity contribution in [2.24, 2.45) is 0 Å². The number of nitrogens with zero attached hydrogens (tertiary/aromatic N) is 5. The fourth-order valence-corrected chi connectivity index (χ4v) is 3.54. The lowest BCUT2D eigenvalue weighted by Crippen LogP contribution is -2.11. The van der Waals surface area contributed by atoms with E-state index in [-0.39, 0.29) is 18.3 Å². The van der Waals surface area contributed by atoms with Gasteiger partial charge in [-0.25, -0.2) is 24.0 Å². The number of hydrogen-bond acceptors (Lipinski definition) is 5. The molecule has 0 unspecified atom stereocenters. The minimum Gasteiger partial charge on any atom is -0.311 e. The number of amides is 1. The predicted octanol–water partition coefficient (Wildman–Crippen LogP) is 3.91. The molecule has 1 fully saturated rings. The molecule has 0 bridgehead atoms. The summed E-state index contributed by atoms with van der Waals surface area (Å²) >= 11 is 0. The van der Waals surface area contributed by atoms with Crippen LogP contribution in [-0.2, 0) is 11.3 Å². The Morgan fingerprint density at radius 2 is 2.03 bits per heavy atom. The van der Waals surface area contributed by atoms with Crippen molar-refractivity contribution < 1.29 is 9.18 Å². The molecule has 1 saturated carbocycles. The van der Waals surface area contributed by atoms with E-state index in [1.165, 1.54) is 13.0 Å². The van der Waals surface area contributed by atoms with Gasteiger partial charge in [0.15, 0.2) is 11.5 Å². The van der Waals surface area contributed by atoms with E-state index in [0.717, 1.165) is 23.8 Å². The smallest absolute Gasteiger partial charge is 0.222 e. The lowest BCUT2D eigenvalue weighted by Gasteiger charge is -2.09. The maximum Gasteiger partial charge on any atom is 0.222 e. The van der Waals surface area contributed by atoms with E-state index in [0.29, 0.717) is 34.5 Å². The van der Waals surface area contributed by atoms with Crippen LogP contribution in [0.25, 0.3) is 22.6 Å². The van der Waals surface area contributed by atoms with Crippen molar-refractivity contribution in [3.8, 4) is 11.5 Å². The fourth-order valence-electron chi connectivity index (χ4n) is 3.54. The van der Waals surface area contributed by atoms with Crippen molar-refractivity contribution in [3.63, 3.8) is 0 Å². The van der Waals surface area contributed by atoms with Gasteiger partial charge in [0.25, 0.3) is 0 Å². The van der Waals surface area contributed by atoms with Gasteiger partial charge in [-0.2, -0.15) is 5.10 Å². The molecule has 1 aromatic carbocycles. The quantitative estimate of drug-likeness (QED) is 0.547. The van der Waals surface area contributed by atoms with Crippen molar-refractivity contribution in [2.75, 3.05) is 5.32 Å². The molecule has 30 heavy (non-hydrogen) atoms. The summed E-state index contributed by atoms with van der Waals surface area (Å²) in [6.45, 7) is 1.69. The molecule has 1 N–H and O–H groups in total. The van der Waals surface area contributed by atoms with E-state index in [1.54, 1.807) is 35.3 Å². The minimum atomic E-state index is -0.295. The highest BCUT2D eigenvalue weighted by molar-refractivity contribution is 5.91. The van der Waals surface area contributed by atoms with Crippen molar-refractivity contribution in [1.29, 1.82) is 0 Å². The number of benzene rings is 1. The fraction of sp³-hybridized carbons (Fsp3) is 0.227. The summed E-state index contributed by atoms with van der Waals surface area (Å²) in [6.07, 6.45) is 5.58. The van der Waals surface area contributed by atoms with E-state index >= 15 is 0 Å². The number of aromatic nitrogens is 5. The molecule has 1 amide bonds. The molecule has 7 nitrogen and oxygen atoms in total. The van der Waals surface area contributed by atoms with Gasteiger partial charge in [-0.1, -0.05) is 18.2 Å². The van der Waals surface area contributed by atoms with E-state index < -0.39 is 0 Å². The Morgan fingerprint density at radius 1 is 1.20 bits per heavy atom. The Kier molecular flexibility index (Phi) is 4.46. The van der Waals surface area contributed by atoms with Crippen LogP contribution in [0.1, 0.15) is 36.8 Å². The third-order valence-corrected chi connectivity index (χ3v) is 5.13. The summed E-state index contributed by atoms with van der Waals surface area (Å²) in [5, 5.41) is 8.24. The second-order valence-corrected chi connectivity index (χ2v) is 7.43. The van der Waals surface area contributed by atoms with Gasteiger partial charge in [0.1, 0.15) is 17.3 Å². The summed E-state index contributed by atoms with van der Waals surface area (Å²) in [5.74, 6) is 0.830. The number of carbonyl (C=O) groups is 1. The molecular weight excluding hydrogens is 383 g/mol. The van der Waals surface area contributed by atoms with Crippen molar-refractivity contribution in [2.45, 2.75) is 32.2 Å². The van der Waals surface area contributed by atoms with Crippen LogP contribution in [0.5, 0.6) is 0 Å². The minimum absolute atomic E-state index is 0.182. The van der Waals surface area contributed by atoms with E-state index in [9.17, 15) is 9.18 Å². The summed E-state index contributed by atoms with van der Waals surface area (Å²) < 4.78 is 15.8. The molecule has 0 atom stereocenters. The molecule has 150 valence electrons. The number of halogens is 1. The molecule has 1 aliphatic rings. The topological polar surface area (TPSA) is 85.6 Å². The first-order chi connectivity index (χ1) is 14.6. The second-order valence-electron chi connectivity index (χ2n) is 7.43. The highest BCUT2D eigenvalue weighted by atomic mass is 19.1. The van der Waals surface area contributed by atoms with Gasteiger partial charge in [0, 0.05) is 30.4 Å². The van der Waals surface area contributed by atoms with Crippen molar-refractivity contribution in [1.82, 2.24) is 24.7 Å². The number of pyridine rings is 1. The van der Waals surface area contributed by atoms with Crippen LogP contribution < -0.4 is 5.32 Å². The number of carbonyl (C=O) groups excluding carboxylic acids is 1. The van der Waals surface area contributed by atoms with Crippen LogP contribution in [0.2, 0.25) is 0 Å². The summed E-state index contributed by atoms with van der Waals surface area (Å²) in [6, 6.07) is 10.3. The Bertz CT molecular complexity index is 1260. The molecule has 4 aromatic rings. The number of fused-ring (bicyclic) bond motifs is 1. The molecule has 1 aliphatic carbocycles. The van der Waals surface area contributed by atoms with Crippen LogP contribution >= 0.6 is 0 Å². The monoisotopic (exact) mass is 402 g/mol. The number of hydrogen-bond donors (Lipinski definition) is 1. The summed E-state index contributed by atoms with van der Waals surface area (Å²) in [7, 11) is 0. The number of anilines is 1. The number of rotatable bonds is 5. The average Bonchev–Trinajstić information content (AvgIpc) is 3.51. The Balaban J connectivity index is 1.61. The molecule has 5 rings (SSSR count). The molecule has 0 aliphatic heterocycles. The lowest BCUT2D eigenvalue weighted by molar-refractivity contribution is -0.114. The second kappa shape index (κ2) is 7.29. The van der Waals surface area contributed by atoms with Crippen molar-refractivity contribution >= 4 is 22.8 Å². The maximum atomic E-state index is 14.2. The molecule has 0 radical (unpaired) electrons. The van der Waals surface area contributed by atoms with E-state index in [2.05, 4.69) is 25.4 Å². The van der Waals surface area contributed by atoms with E-state index in [1.807, 2.05) is 12.1 Å². The molecule has 0 spiro atoms. The highest BCUT2D eigenvalue weighted by Gasteiger charge is 2.28. The first-order valence-electron chi connectivity index (χ1n) is 9.80. The van der Waals surface area contributed by atoms with Gasteiger partial charge in [-0.15, -0.1) is 0 Å². The Hall–Kier alpha value is -3.68. The maximum absolute atomic E-state index is 14.2. The van der Waals surface area contributed by atoms with Crippen LogP contribution in [0.3, 0.4) is 0 Å². The first kappa shape index (κ1) is 18.4. The van der Waals surface area contributed by atoms with Crippen LogP contribution in [-0.4, -0.2) is 30.6 Å². The zero-order valence-electron chi connectivity index (χ0n) is 16.3. The zero-order chi connectivity index (χ0) is 20.7. The van der Waals surface area contributed by atoms with Gasteiger partial charge in [0.05, 0.1) is 11.9 Å². The molecule has 8 heteroatoms. The number of nitrogens with one attached hydrogen (secondary N) is 1. The third-order valence-electron chi connectivity index (χ3n) is 5.13. The third kappa shape index (κ3) is 3.41.